The van der Waals surface area contributed by atoms with Crippen molar-refractivity contribution < 1.29 is 4.74 Å². The largest absolute Gasteiger partial charge is 0.361 e. The van der Waals surface area contributed by atoms with E-state index in [9.17, 15) is 0 Å². The van der Waals surface area contributed by atoms with Crippen molar-refractivity contribution in [2.24, 2.45) is 0 Å². The molecular formula is C12H14O. The molecule has 0 N–H and O–H groups in total. The van der Waals surface area contributed by atoms with E-state index < -0.39 is 0 Å². The van der Waals surface area contributed by atoms with Crippen molar-refractivity contribution in [2.45, 2.75) is 25.0 Å². The molecule has 13 heavy (non-hydrogen) atoms. The normalized spacial score (nSPS) is 31.3. The maximum Gasteiger partial charge on any atom is 0.123 e. The Morgan fingerprint density at radius 2 is 2.08 bits per heavy atom. The molecule has 0 spiro atoms. The van der Waals surface area contributed by atoms with E-state index in [1.807, 2.05) is 12.1 Å². The van der Waals surface area contributed by atoms with Gasteiger partial charge in [-0.2, -0.15) is 0 Å². The third-order valence-electron chi connectivity index (χ3n) is 2.70. The van der Waals surface area contributed by atoms with Crippen molar-refractivity contribution in [1.82, 2.24) is 0 Å². The van der Waals surface area contributed by atoms with Crippen LogP contribution in [0.2, 0.25) is 0 Å². The summed E-state index contributed by atoms with van der Waals surface area (Å²) in [7, 11) is 0. The van der Waals surface area contributed by atoms with Crippen molar-refractivity contribution >= 4 is 0 Å². The Hall–Kier alpha value is -1.08. The van der Waals surface area contributed by atoms with Crippen LogP contribution in [0.4, 0.5) is 0 Å². The van der Waals surface area contributed by atoms with Crippen molar-refractivity contribution in [3.8, 4) is 0 Å². The molecule has 1 aromatic rings. The standard InChI is InChI=1S/C12H14O/c1-3-9-12(10(2)13-12)11-7-5-4-6-8-11/h3-8,10H,1,9H2,2H3. The Bertz CT molecular complexity index is 304. The second-order valence-corrected chi connectivity index (χ2v) is 3.51. The van der Waals surface area contributed by atoms with Gasteiger partial charge in [0.15, 0.2) is 0 Å². The van der Waals surface area contributed by atoms with Crippen molar-refractivity contribution in [1.29, 1.82) is 0 Å². The molecule has 1 saturated heterocycles. The molecule has 0 bridgehead atoms. The van der Waals surface area contributed by atoms with E-state index in [0.717, 1.165) is 6.42 Å². The Kier molecular flexibility index (Phi) is 1.97. The minimum atomic E-state index is -0.0665. The van der Waals surface area contributed by atoms with Gasteiger partial charge in [-0.15, -0.1) is 6.58 Å². The lowest BCUT2D eigenvalue weighted by atomic mass is 9.93. The predicted molar refractivity (Wildman–Crippen MR) is 53.5 cm³/mol. The molecule has 1 aromatic carbocycles. The Morgan fingerprint density at radius 1 is 1.46 bits per heavy atom. The van der Waals surface area contributed by atoms with Crippen LogP contribution in [-0.2, 0) is 10.3 Å². The predicted octanol–water partition coefficient (Wildman–Crippen LogP) is 2.88. The van der Waals surface area contributed by atoms with Crippen LogP contribution in [0, 0.1) is 0 Å². The first-order valence-electron chi connectivity index (χ1n) is 4.64. The van der Waals surface area contributed by atoms with Crippen LogP contribution in [0.15, 0.2) is 43.0 Å². The molecule has 1 aliphatic heterocycles. The maximum absolute atomic E-state index is 5.66. The lowest BCUT2D eigenvalue weighted by Crippen LogP contribution is -2.09. The number of ether oxygens (including phenoxy) is 1. The molecule has 1 heteroatoms. The summed E-state index contributed by atoms with van der Waals surface area (Å²) in [5.41, 5.74) is 1.20. The topological polar surface area (TPSA) is 12.5 Å². The number of epoxide rings is 1. The van der Waals surface area contributed by atoms with Gasteiger partial charge in [0.05, 0.1) is 6.10 Å². The smallest absolute Gasteiger partial charge is 0.123 e. The summed E-state index contributed by atoms with van der Waals surface area (Å²) < 4.78 is 5.66. The summed E-state index contributed by atoms with van der Waals surface area (Å²) in [6, 6.07) is 10.4. The minimum absolute atomic E-state index is 0.0665. The van der Waals surface area contributed by atoms with E-state index in [4.69, 9.17) is 4.74 Å². The van der Waals surface area contributed by atoms with E-state index in [-0.39, 0.29) is 5.60 Å². The van der Waals surface area contributed by atoms with E-state index in [2.05, 4.69) is 37.8 Å². The van der Waals surface area contributed by atoms with E-state index >= 15 is 0 Å². The molecule has 1 fully saturated rings. The molecular weight excluding hydrogens is 160 g/mol. The van der Waals surface area contributed by atoms with E-state index in [1.165, 1.54) is 5.56 Å². The first-order chi connectivity index (χ1) is 6.29. The second kappa shape index (κ2) is 3.00. The molecule has 2 unspecified atom stereocenters. The molecule has 2 rings (SSSR count). The molecule has 0 amide bonds. The van der Waals surface area contributed by atoms with Crippen molar-refractivity contribution in [2.75, 3.05) is 0 Å². The fraction of sp³-hybridized carbons (Fsp3) is 0.333. The van der Waals surface area contributed by atoms with Gasteiger partial charge in [0, 0.05) is 6.42 Å². The van der Waals surface area contributed by atoms with Crippen LogP contribution >= 0.6 is 0 Å². The average molecular weight is 174 g/mol. The monoisotopic (exact) mass is 174 g/mol. The number of hydrogen-bond donors (Lipinski definition) is 0. The first-order valence-corrected chi connectivity index (χ1v) is 4.64. The Labute approximate surface area is 79.0 Å². The molecule has 0 saturated carbocycles. The van der Waals surface area contributed by atoms with E-state index in [0.29, 0.717) is 6.10 Å². The maximum atomic E-state index is 5.66. The highest BCUT2D eigenvalue weighted by Crippen LogP contribution is 2.48. The zero-order valence-electron chi connectivity index (χ0n) is 7.86. The third kappa shape index (κ3) is 1.29. The molecule has 1 nitrogen and oxygen atoms in total. The summed E-state index contributed by atoms with van der Waals surface area (Å²) in [5.74, 6) is 0. The average Bonchev–Trinajstić information content (AvgIpc) is 2.80. The molecule has 1 aliphatic rings. The zero-order chi connectivity index (χ0) is 9.31. The highest BCUT2D eigenvalue weighted by atomic mass is 16.6. The summed E-state index contributed by atoms with van der Waals surface area (Å²) in [6.07, 6.45) is 3.15. The van der Waals surface area contributed by atoms with Gasteiger partial charge < -0.3 is 4.74 Å². The number of rotatable bonds is 3. The Morgan fingerprint density at radius 3 is 2.54 bits per heavy atom. The van der Waals surface area contributed by atoms with Crippen LogP contribution in [0.1, 0.15) is 18.9 Å². The van der Waals surface area contributed by atoms with Gasteiger partial charge in [-0.25, -0.2) is 0 Å². The molecule has 0 radical (unpaired) electrons. The minimum Gasteiger partial charge on any atom is -0.361 e. The van der Waals surface area contributed by atoms with Gasteiger partial charge in [-0.05, 0) is 12.5 Å². The van der Waals surface area contributed by atoms with E-state index in [1.54, 1.807) is 0 Å². The molecule has 2 atom stereocenters. The van der Waals surface area contributed by atoms with Crippen LogP contribution in [-0.4, -0.2) is 6.10 Å². The van der Waals surface area contributed by atoms with Crippen LogP contribution in [0.25, 0.3) is 0 Å². The van der Waals surface area contributed by atoms with Gasteiger partial charge >= 0.3 is 0 Å². The zero-order valence-corrected chi connectivity index (χ0v) is 7.86. The van der Waals surface area contributed by atoms with Crippen LogP contribution < -0.4 is 0 Å². The molecule has 68 valence electrons. The second-order valence-electron chi connectivity index (χ2n) is 3.51. The first kappa shape index (κ1) is 8.52. The number of hydrogen-bond acceptors (Lipinski definition) is 1. The molecule has 1 heterocycles. The van der Waals surface area contributed by atoms with Gasteiger partial charge in [-0.3, -0.25) is 0 Å². The number of benzene rings is 1. The summed E-state index contributed by atoms with van der Waals surface area (Å²) in [6.45, 7) is 5.87. The SMILES string of the molecule is C=CCC1(c2ccccc2)OC1C. The third-order valence-corrected chi connectivity index (χ3v) is 2.70. The highest BCUT2D eigenvalue weighted by molar-refractivity contribution is 5.29. The summed E-state index contributed by atoms with van der Waals surface area (Å²) in [5, 5.41) is 0. The lowest BCUT2D eigenvalue weighted by molar-refractivity contribution is 0.300. The molecule has 0 aromatic heterocycles. The highest BCUT2D eigenvalue weighted by Gasteiger charge is 2.53. The van der Waals surface area contributed by atoms with Crippen LogP contribution in [0.5, 0.6) is 0 Å². The molecule has 0 aliphatic carbocycles. The van der Waals surface area contributed by atoms with Crippen LogP contribution in [0.3, 0.4) is 0 Å². The van der Waals surface area contributed by atoms with Gasteiger partial charge in [-0.1, -0.05) is 36.4 Å². The fourth-order valence-corrected chi connectivity index (χ4v) is 1.85. The van der Waals surface area contributed by atoms with Gasteiger partial charge in [0.25, 0.3) is 0 Å². The summed E-state index contributed by atoms with van der Waals surface area (Å²) in [4.78, 5) is 0. The van der Waals surface area contributed by atoms with Gasteiger partial charge in [0.1, 0.15) is 5.60 Å². The quantitative estimate of drug-likeness (QED) is 0.507. The fourth-order valence-electron chi connectivity index (χ4n) is 1.85. The summed E-state index contributed by atoms with van der Waals surface area (Å²) >= 11 is 0. The van der Waals surface area contributed by atoms with Gasteiger partial charge in [0.2, 0.25) is 0 Å². The lowest BCUT2D eigenvalue weighted by Gasteiger charge is -2.09. The van der Waals surface area contributed by atoms with Crippen molar-refractivity contribution in [3.05, 3.63) is 48.6 Å². The Balaban J connectivity index is 2.29. The van der Waals surface area contributed by atoms with Crippen molar-refractivity contribution in [3.63, 3.8) is 0 Å².